The lowest BCUT2D eigenvalue weighted by Crippen LogP contribution is -2.20. The van der Waals surface area contributed by atoms with Gasteiger partial charge in [-0.1, -0.05) is 0 Å². The smallest absolute Gasteiger partial charge is 0.358 e. The lowest BCUT2D eigenvalue weighted by molar-refractivity contribution is -0.424. The van der Waals surface area contributed by atoms with E-state index in [2.05, 4.69) is 10.4 Å². The van der Waals surface area contributed by atoms with E-state index < -0.39 is 55.0 Å². The Balaban J connectivity index is 2.36. The Morgan fingerprint density at radius 1 is 0.966 bits per heavy atom. The number of carbonyl (C=O) groups is 1. The zero-order chi connectivity index (χ0) is 22.0. The van der Waals surface area contributed by atoms with Crippen molar-refractivity contribution in [3.63, 3.8) is 0 Å². The lowest BCUT2D eigenvalue weighted by atomic mass is 10.1. The Morgan fingerprint density at radius 2 is 1.48 bits per heavy atom. The normalized spacial score (nSPS) is 10.4. The first-order valence-electron chi connectivity index (χ1n) is 7.53. The number of amides is 1. The van der Waals surface area contributed by atoms with Crippen molar-refractivity contribution < 1.29 is 24.5 Å². The van der Waals surface area contributed by atoms with E-state index in [1.54, 1.807) is 0 Å². The molecule has 29 heavy (non-hydrogen) atoms. The number of rotatable bonds is 7. The zero-order valence-electron chi connectivity index (χ0n) is 14.7. The molecule has 2 rings (SSSR count). The highest BCUT2D eigenvalue weighted by atomic mass is 16.6. The van der Waals surface area contributed by atoms with Crippen molar-refractivity contribution in [1.29, 1.82) is 0 Å². The second kappa shape index (κ2) is 7.62. The summed E-state index contributed by atoms with van der Waals surface area (Å²) in [6, 6.07) is 1.81. The number of hydrogen-bond donors (Lipinski definition) is 1. The maximum Gasteiger partial charge on any atom is 0.468 e. The van der Waals surface area contributed by atoms with Crippen LogP contribution in [0.1, 0.15) is 11.3 Å². The largest absolute Gasteiger partial charge is 0.468 e. The third kappa shape index (κ3) is 4.10. The maximum absolute atomic E-state index is 12.2. The van der Waals surface area contributed by atoms with Crippen LogP contribution in [0.15, 0.2) is 12.1 Å². The molecule has 1 aromatic heterocycles. The van der Waals surface area contributed by atoms with Gasteiger partial charge >= 0.3 is 11.5 Å². The molecule has 16 nitrogen and oxygen atoms in total. The SMILES string of the molecule is Cc1c([N+](=O)[O-])cc(NC(=O)Cn2nc([N+](=O)[O-])c([N+](=O)[O-])c2C)cc1[N+](=O)[O-]. The number of nitro groups is 4. The van der Waals surface area contributed by atoms with Crippen molar-refractivity contribution in [2.75, 3.05) is 5.32 Å². The zero-order valence-corrected chi connectivity index (χ0v) is 14.7. The van der Waals surface area contributed by atoms with Crippen LogP contribution < -0.4 is 5.32 Å². The maximum atomic E-state index is 12.2. The molecule has 0 unspecified atom stereocenters. The predicted molar refractivity (Wildman–Crippen MR) is 93.4 cm³/mol. The van der Waals surface area contributed by atoms with E-state index in [9.17, 15) is 45.3 Å². The number of hydrogen-bond acceptors (Lipinski definition) is 10. The molecular formula is C13H11N7O9. The molecule has 0 aliphatic rings. The number of aromatic nitrogens is 2. The topological polar surface area (TPSA) is 219 Å². The molecule has 0 saturated heterocycles. The molecule has 0 fully saturated rings. The second-order valence-electron chi connectivity index (χ2n) is 5.63. The number of benzene rings is 1. The molecule has 0 aliphatic heterocycles. The summed E-state index contributed by atoms with van der Waals surface area (Å²) in [5.41, 5.74) is -2.84. The minimum absolute atomic E-state index is 0.216. The van der Waals surface area contributed by atoms with E-state index in [4.69, 9.17) is 0 Å². The Bertz CT molecular complexity index is 1040. The van der Waals surface area contributed by atoms with Crippen molar-refractivity contribution in [2.24, 2.45) is 0 Å². The molecule has 2 aromatic rings. The lowest BCUT2D eigenvalue weighted by Gasteiger charge is -2.06. The monoisotopic (exact) mass is 409 g/mol. The first kappa shape index (κ1) is 20.8. The standard InChI is InChI=1S/C13H11N7O9/c1-6-9(17(22)23)3-8(4-10(6)18(24)25)14-11(21)5-16-7(2)12(19(26)27)13(15-16)20(28)29/h3-4H,5H2,1-2H3,(H,14,21). The molecule has 0 spiro atoms. The van der Waals surface area contributed by atoms with Crippen LogP contribution in [-0.2, 0) is 11.3 Å². The molecule has 16 heteroatoms. The van der Waals surface area contributed by atoms with Crippen LogP contribution in [-0.4, -0.2) is 35.4 Å². The summed E-state index contributed by atoms with van der Waals surface area (Å²) in [6.07, 6.45) is 0. The first-order chi connectivity index (χ1) is 13.4. The van der Waals surface area contributed by atoms with Crippen LogP contribution in [0.4, 0.5) is 28.6 Å². The number of nitrogens with one attached hydrogen (secondary N) is 1. The fraction of sp³-hybridized carbons (Fsp3) is 0.231. The number of nitro benzene ring substituents is 2. The Morgan fingerprint density at radius 3 is 1.86 bits per heavy atom. The quantitative estimate of drug-likeness (QED) is 0.515. The summed E-state index contributed by atoms with van der Waals surface area (Å²) >= 11 is 0. The fourth-order valence-electron chi connectivity index (χ4n) is 2.48. The Labute approximate surface area is 159 Å². The molecule has 1 N–H and O–H groups in total. The van der Waals surface area contributed by atoms with Gasteiger partial charge in [-0.3, -0.25) is 35.1 Å². The third-order valence-corrected chi connectivity index (χ3v) is 3.84. The molecular weight excluding hydrogens is 398 g/mol. The molecule has 0 bridgehead atoms. The summed E-state index contributed by atoms with van der Waals surface area (Å²) < 4.78 is 0.711. The minimum Gasteiger partial charge on any atom is -0.358 e. The molecule has 1 aromatic carbocycles. The predicted octanol–water partition coefficient (Wildman–Crippen LogP) is 1.77. The van der Waals surface area contributed by atoms with Crippen LogP contribution in [0.3, 0.4) is 0 Å². The minimum atomic E-state index is -1.08. The van der Waals surface area contributed by atoms with Crippen LogP contribution in [0.5, 0.6) is 0 Å². The van der Waals surface area contributed by atoms with Gasteiger partial charge in [-0.15, -0.1) is 0 Å². The van der Waals surface area contributed by atoms with Gasteiger partial charge in [0.15, 0.2) is 0 Å². The first-order valence-corrected chi connectivity index (χ1v) is 7.53. The van der Waals surface area contributed by atoms with Crippen LogP contribution in [0.25, 0.3) is 0 Å². The summed E-state index contributed by atoms with van der Waals surface area (Å²) in [5, 5.41) is 49.6. The highest BCUT2D eigenvalue weighted by Crippen LogP contribution is 2.32. The van der Waals surface area contributed by atoms with E-state index in [1.165, 1.54) is 6.92 Å². The van der Waals surface area contributed by atoms with E-state index in [0.717, 1.165) is 19.1 Å². The van der Waals surface area contributed by atoms with Crippen LogP contribution >= 0.6 is 0 Å². The van der Waals surface area contributed by atoms with Gasteiger partial charge in [0.1, 0.15) is 17.8 Å². The summed E-state index contributed by atoms with van der Waals surface area (Å²) in [4.78, 5) is 52.4. The number of nitrogens with zero attached hydrogens (tertiary/aromatic N) is 6. The summed E-state index contributed by atoms with van der Waals surface area (Å²) in [5.74, 6) is -1.98. The highest BCUT2D eigenvalue weighted by molar-refractivity contribution is 5.91. The number of anilines is 1. The Hall–Kier alpha value is -4.50. The molecule has 0 radical (unpaired) electrons. The van der Waals surface area contributed by atoms with Gasteiger partial charge in [0.05, 0.1) is 25.6 Å². The van der Waals surface area contributed by atoms with Gasteiger partial charge in [0.2, 0.25) is 5.91 Å². The van der Waals surface area contributed by atoms with Crippen molar-refractivity contribution in [1.82, 2.24) is 9.78 Å². The average molecular weight is 409 g/mol. The van der Waals surface area contributed by atoms with Crippen molar-refractivity contribution in [3.8, 4) is 0 Å². The van der Waals surface area contributed by atoms with E-state index in [0.29, 0.717) is 4.68 Å². The van der Waals surface area contributed by atoms with Gasteiger partial charge in [-0.2, -0.15) is 4.68 Å². The second-order valence-corrected chi connectivity index (χ2v) is 5.63. The molecule has 0 saturated carbocycles. The van der Waals surface area contributed by atoms with Gasteiger partial charge in [-0.25, -0.2) is 0 Å². The van der Waals surface area contributed by atoms with Gasteiger partial charge in [-0.05, 0) is 18.8 Å². The molecule has 0 aliphatic carbocycles. The average Bonchev–Trinajstić information content (AvgIpc) is 2.92. The van der Waals surface area contributed by atoms with Crippen LogP contribution in [0, 0.1) is 54.3 Å². The van der Waals surface area contributed by atoms with Gasteiger partial charge in [0, 0.05) is 12.1 Å². The third-order valence-electron chi connectivity index (χ3n) is 3.84. The van der Waals surface area contributed by atoms with Crippen molar-refractivity contribution in [3.05, 3.63) is 63.8 Å². The van der Waals surface area contributed by atoms with Crippen LogP contribution in [0.2, 0.25) is 0 Å². The Kier molecular flexibility index (Phi) is 5.47. The van der Waals surface area contributed by atoms with Gasteiger partial charge in [0.25, 0.3) is 11.4 Å². The fourth-order valence-corrected chi connectivity index (χ4v) is 2.48. The molecule has 0 atom stereocenters. The molecule has 152 valence electrons. The van der Waals surface area contributed by atoms with E-state index in [1.807, 2.05) is 0 Å². The molecule has 1 amide bonds. The summed E-state index contributed by atoms with van der Waals surface area (Å²) in [6.45, 7) is 1.61. The van der Waals surface area contributed by atoms with Gasteiger partial charge < -0.3 is 15.4 Å². The summed E-state index contributed by atoms with van der Waals surface area (Å²) in [7, 11) is 0. The van der Waals surface area contributed by atoms with E-state index >= 15 is 0 Å². The van der Waals surface area contributed by atoms with Crippen molar-refractivity contribution in [2.45, 2.75) is 20.4 Å². The van der Waals surface area contributed by atoms with E-state index in [-0.39, 0.29) is 16.9 Å². The highest BCUT2D eigenvalue weighted by Gasteiger charge is 2.36. The number of carbonyl (C=O) groups excluding carboxylic acids is 1. The molecule has 1 heterocycles. The van der Waals surface area contributed by atoms with Crippen molar-refractivity contribution >= 4 is 34.5 Å².